The fourth-order valence-electron chi connectivity index (χ4n) is 2.74. The van der Waals surface area contributed by atoms with Crippen LogP contribution in [-0.4, -0.2) is 25.8 Å². The molecular formula is C19H17N5O3. The zero-order valence-corrected chi connectivity index (χ0v) is 15.1. The molecule has 8 nitrogen and oxygen atoms in total. The highest BCUT2D eigenvalue weighted by Crippen LogP contribution is 2.31. The van der Waals surface area contributed by atoms with Gasteiger partial charge in [-0.1, -0.05) is 35.5 Å². The summed E-state index contributed by atoms with van der Waals surface area (Å²) in [6, 6.07) is 9.45. The number of benzene rings is 1. The molecule has 0 aliphatic carbocycles. The van der Waals surface area contributed by atoms with Gasteiger partial charge in [0.1, 0.15) is 11.4 Å². The first-order valence-corrected chi connectivity index (χ1v) is 8.32. The fraction of sp³-hybridized carbons (Fsp3) is 0.158. The molecular weight excluding hydrogens is 346 g/mol. The van der Waals surface area contributed by atoms with Crippen LogP contribution in [0.15, 0.2) is 51.7 Å². The lowest BCUT2D eigenvalue weighted by Crippen LogP contribution is -2.13. The monoisotopic (exact) mass is 363 g/mol. The molecule has 0 spiro atoms. The molecule has 0 aliphatic heterocycles. The molecule has 0 atom stereocenters. The molecule has 4 aromatic rings. The lowest BCUT2D eigenvalue weighted by atomic mass is 10.1. The summed E-state index contributed by atoms with van der Waals surface area (Å²) >= 11 is 0. The Labute approximate surface area is 154 Å². The van der Waals surface area contributed by atoms with Gasteiger partial charge >= 0.3 is 0 Å². The molecule has 3 heterocycles. The van der Waals surface area contributed by atoms with Crippen LogP contribution in [0, 0.1) is 13.8 Å². The second kappa shape index (κ2) is 6.56. The maximum atomic E-state index is 12.8. The van der Waals surface area contributed by atoms with E-state index >= 15 is 0 Å². The Hall–Kier alpha value is -3.68. The third-order valence-corrected chi connectivity index (χ3v) is 4.09. The first-order chi connectivity index (χ1) is 13.0. The summed E-state index contributed by atoms with van der Waals surface area (Å²) in [6.07, 6.45) is 3.40. The number of hydrogen-bond acceptors (Lipinski definition) is 6. The number of hydrogen-bond donors (Lipinski definition) is 1. The van der Waals surface area contributed by atoms with E-state index in [-0.39, 0.29) is 5.76 Å². The predicted octanol–water partition coefficient (Wildman–Crippen LogP) is 3.60. The van der Waals surface area contributed by atoms with Gasteiger partial charge < -0.3 is 14.3 Å². The van der Waals surface area contributed by atoms with E-state index in [1.807, 2.05) is 30.3 Å². The number of rotatable bonds is 4. The van der Waals surface area contributed by atoms with Crippen LogP contribution in [0.5, 0.6) is 0 Å². The quantitative estimate of drug-likeness (QED) is 0.595. The minimum Gasteiger partial charge on any atom is -0.431 e. The number of aryl methyl sites for hydroxylation is 3. The lowest BCUT2D eigenvalue weighted by molar-refractivity contribution is 0.0996. The maximum absolute atomic E-state index is 12.8. The van der Waals surface area contributed by atoms with E-state index in [9.17, 15) is 4.79 Å². The van der Waals surface area contributed by atoms with Crippen LogP contribution in [0.3, 0.4) is 0 Å². The largest absolute Gasteiger partial charge is 0.431 e. The van der Waals surface area contributed by atoms with Crippen molar-refractivity contribution in [3.63, 3.8) is 0 Å². The average molecular weight is 363 g/mol. The van der Waals surface area contributed by atoms with Crippen molar-refractivity contribution in [1.82, 2.24) is 19.9 Å². The molecule has 1 aromatic carbocycles. The SMILES string of the molecule is Cc1nc(-c2cnn(C)c2)oc1C(=O)Nc1c(C)noc1-c1ccccc1. The summed E-state index contributed by atoms with van der Waals surface area (Å²) < 4.78 is 12.7. The van der Waals surface area contributed by atoms with E-state index < -0.39 is 5.91 Å². The van der Waals surface area contributed by atoms with Crippen molar-refractivity contribution in [3.05, 3.63) is 59.9 Å². The molecule has 0 unspecified atom stereocenters. The molecule has 0 fully saturated rings. The van der Waals surface area contributed by atoms with Crippen LogP contribution in [0.25, 0.3) is 22.8 Å². The summed E-state index contributed by atoms with van der Waals surface area (Å²) in [7, 11) is 1.80. The van der Waals surface area contributed by atoms with Gasteiger partial charge in [-0.3, -0.25) is 9.48 Å². The Morgan fingerprint density at radius 2 is 1.89 bits per heavy atom. The highest BCUT2D eigenvalue weighted by molar-refractivity contribution is 6.05. The minimum absolute atomic E-state index is 0.133. The third kappa shape index (κ3) is 3.12. The van der Waals surface area contributed by atoms with Crippen molar-refractivity contribution in [3.8, 4) is 22.8 Å². The molecule has 3 aromatic heterocycles. The Balaban J connectivity index is 1.64. The summed E-state index contributed by atoms with van der Waals surface area (Å²) in [5.41, 5.74) is 3.09. The van der Waals surface area contributed by atoms with Gasteiger partial charge in [0, 0.05) is 18.8 Å². The topological polar surface area (TPSA) is 99.0 Å². The van der Waals surface area contributed by atoms with Gasteiger partial charge in [0.25, 0.3) is 5.91 Å². The molecule has 136 valence electrons. The standard InChI is InChI=1S/C19H17N5O3/c1-11-15(17(27-23-11)13-7-5-4-6-8-13)22-18(25)16-12(2)21-19(26-16)14-9-20-24(3)10-14/h4-10H,1-3H3,(H,22,25). The van der Waals surface area contributed by atoms with Gasteiger partial charge in [0.2, 0.25) is 11.7 Å². The molecule has 1 amide bonds. The maximum Gasteiger partial charge on any atom is 0.293 e. The fourth-order valence-corrected chi connectivity index (χ4v) is 2.74. The van der Waals surface area contributed by atoms with Gasteiger partial charge in [0.05, 0.1) is 17.5 Å². The molecule has 0 saturated carbocycles. The molecule has 0 aliphatic rings. The number of carbonyl (C=O) groups excluding carboxylic acids is 1. The van der Waals surface area contributed by atoms with Crippen LogP contribution in [0.2, 0.25) is 0 Å². The minimum atomic E-state index is -0.418. The van der Waals surface area contributed by atoms with E-state index in [1.54, 1.807) is 38.0 Å². The van der Waals surface area contributed by atoms with Gasteiger partial charge in [-0.25, -0.2) is 4.98 Å². The van der Waals surface area contributed by atoms with Crippen molar-refractivity contribution in [1.29, 1.82) is 0 Å². The predicted molar refractivity (Wildman–Crippen MR) is 98.1 cm³/mol. The molecule has 0 bridgehead atoms. The van der Waals surface area contributed by atoms with Gasteiger partial charge in [-0.05, 0) is 13.8 Å². The molecule has 0 radical (unpaired) electrons. The van der Waals surface area contributed by atoms with E-state index in [4.69, 9.17) is 8.94 Å². The van der Waals surface area contributed by atoms with Crippen molar-refractivity contribution < 1.29 is 13.7 Å². The van der Waals surface area contributed by atoms with E-state index in [1.165, 1.54) is 0 Å². The lowest BCUT2D eigenvalue weighted by Gasteiger charge is -2.04. The van der Waals surface area contributed by atoms with Crippen LogP contribution in [0.1, 0.15) is 21.9 Å². The summed E-state index contributed by atoms with van der Waals surface area (Å²) in [5.74, 6) is 0.550. The van der Waals surface area contributed by atoms with E-state index in [0.29, 0.717) is 34.3 Å². The third-order valence-electron chi connectivity index (χ3n) is 4.09. The summed E-state index contributed by atoms with van der Waals surface area (Å²) in [4.78, 5) is 17.1. The zero-order valence-electron chi connectivity index (χ0n) is 15.1. The van der Waals surface area contributed by atoms with Crippen LogP contribution in [-0.2, 0) is 7.05 Å². The number of nitrogens with zero attached hydrogens (tertiary/aromatic N) is 4. The number of carbonyl (C=O) groups is 1. The van der Waals surface area contributed by atoms with Crippen LogP contribution in [0.4, 0.5) is 5.69 Å². The second-order valence-corrected chi connectivity index (χ2v) is 6.13. The summed E-state index contributed by atoms with van der Waals surface area (Å²) in [5, 5.41) is 10.9. The average Bonchev–Trinajstić information content (AvgIpc) is 3.35. The van der Waals surface area contributed by atoms with Crippen molar-refractivity contribution in [2.75, 3.05) is 5.32 Å². The Kier molecular flexibility index (Phi) is 4.08. The van der Waals surface area contributed by atoms with Crippen molar-refractivity contribution in [2.45, 2.75) is 13.8 Å². The smallest absolute Gasteiger partial charge is 0.293 e. The normalized spacial score (nSPS) is 10.9. The Morgan fingerprint density at radius 1 is 1.11 bits per heavy atom. The Morgan fingerprint density at radius 3 is 2.59 bits per heavy atom. The van der Waals surface area contributed by atoms with Crippen LogP contribution < -0.4 is 5.32 Å². The number of anilines is 1. The van der Waals surface area contributed by atoms with Gasteiger partial charge in [-0.2, -0.15) is 5.10 Å². The van der Waals surface area contributed by atoms with Crippen molar-refractivity contribution >= 4 is 11.6 Å². The van der Waals surface area contributed by atoms with Gasteiger partial charge in [0.15, 0.2) is 5.76 Å². The second-order valence-electron chi connectivity index (χ2n) is 6.13. The first kappa shape index (κ1) is 16.8. The number of nitrogens with one attached hydrogen (secondary N) is 1. The highest BCUT2D eigenvalue weighted by Gasteiger charge is 2.23. The Bertz CT molecular complexity index is 1110. The molecule has 8 heteroatoms. The number of aromatic nitrogens is 4. The van der Waals surface area contributed by atoms with Gasteiger partial charge in [-0.15, -0.1) is 0 Å². The van der Waals surface area contributed by atoms with Crippen molar-refractivity contribution in [2.24, 2.45) is 7.05 Å². The molecule has 1 N–H and O–H groups in total. The van der Waals surface area contributed by atoms with E-state index in [2.05, 4.69) is 20.6 Å². The molecule has 4 rings (SSSR count). The van der Waals surface area contributed by atoms with Crippen LogP contribution >= 0.6 is 0 Å². The zero-order chi connectivity index (χ0) is 19.0. The first-order valence-electron chi connectivity index (χ1n) is 8.32. The number of amides is 1. The summed E-state index contributed by atoms with van der Waals surface area (Å²) in [6.45, 7) is 3.48. The van der Waals surface area contributed by atoms with E-state index in [0.717, 1.165) is 5.56 Å². The highest BCUT2D eigenvalue weighted by atomic mass is 16.5. The molecule has 27 heavy (non-hydrogen) atoms. The number of oxazole rings is 1. The molecule has 0 saturated heterocycles.